The number of hydrogen-bond donors (Lipinski definition) is 2. The highest BCUT2D eigenvalue weighted by molar-refractivity contribution is 5.89. The zero-order chi connectivity index (χ0) is 23.4. The van der Waals surface area contributed by atoms with Crippen LogP contribution in [-0.2, 0) is 13.1 Å². The Morgan fingerprint density at radius 1 is 1.00 bits per heavy atom. The van der Waals surface area contributed by atoms with E-state index in [1.807, 2.05) is 25.1 Å². The molecule has 1 aromatic heterocycles. The van der Waals surface area contributed by atoms with Crippen molar-refractivity contribution in [2.24, 2.45) is 0 Å². The summed E-state index contributed by atoms with van der Waals surface area (Å²) in [5.41, 5.74) is 3.35. The molecule has 0 saturated heterocycles. The number of pyridine rings is 1. The molecule has 4 aromatic rings. The van der Waals surface area contributed by atoms with Crippen molar-refractivity contribution < 1.29 is 13.9 Å². The summed E-state index contributed by atoms with van der Waals surface area (Å²) in [6.45, 7) is 2.26. The van der Waals surface area contributed by atoms with Crippen LogP contribution in [0.4, 0.5) is 14.9 Å². The number of methoxy groups -OCH3 is 1. The fourth-order valence-electron chi connectivity index (χ4n) is 3.58. The van der Waals surface area contributed by atoms with Gasteiger partial charge in [0.2, 0.25) is 0 Å². The summed E-state index contributed by atoms with van der Waals surface area (Å²) in [5, 5.41) is 3.75. The van der Waals surface area contributed by atoms with E-state index >= 15 is 0 Å². The van der Waals surface area contributed by atoms with Crippen molar-refractivity contribution in [3.63, 3.8) is 0 Å². The van der Waals surface area contributed by atoms with Crippen LogP contribution in [0.1, 0.15) is 16.7 Å². The van der Waals surface area contributed by atoms with Crippen LogP contribution in [-0.4, -0.2) is 23.0 Å². The van der Waals surface area contributed by atoms with E-state index in [2.05, 4.69) is 10.3 Å². The molecule has 0 aliphatic heterocycles. The number of anilines is 1. The van der Waals surface area contributed by atoms with Crippen LogP contribution in [0.2, 0.25) is 0 Å². The van der Waals surface area contributed by atoms with Crippen LogP contribution >= 0.6 is 0 Å². The molecular formula is C26H24FN3O3. The second-order valence-electron chi connectivity index (χ2n) is 7.86. The summed E-state index contributed by atoms with van der Waals surface area (Å²) in [4.78, 5) is 30.3. The van der Waals surface area contributed by atoms with Crippen molar-refractivity contribution >= 4 is 22.6 Å². The summed E-state index contributed by atoms with van der Waals surface area (Å²) in [5.74, 6) is 0.323. The van der Waals surface area contributed by atoms with Gasteiger partial charge in [-0.25, -0.2) is 9.18 Å². The van der Waals surface area contributed by atoms with E-state index in [0.717, 1.165) is 22.0 Å². The average Bonchev–Trinajstić information content (AvgIpc) is 2.81. The van der Waals surface area contributed by atoms with E-state index in [0.29, 0.717) is 17.0 Å². The Labute approximate surface area is 190 Å². The lowest BCUT2D eigenvalue weighted by Gasteiger charge is -2.23. The van der Waals surface area contributed by atoms with Crippen molar-refractivity contribution in [2.45, 2.75) is 20.0 Å². The van der Waals surface area contributed by atoms with Crippen LogP contribution in [0.3, 0.4) is 0 Å². The van der Waals surface area contributed by atoms with E-state index in [9.17, 15) is 14.0 Å². The number of nitrogens with zero attached hydrogens (tertiary/aromatic N) is 1. The molecule has 0 saturated carbocycles. The quantitative estimate of drug-likeness (QED) is 0.427. The highest BCUT2D eigenvalue weighted by atomic mass is 19.1. The van der Waals surface area contributed by atoms with Gasteiger partial charge in [-0.3, -0.25) is 4.79 Å². The molecule has 0 aliphatic carbocycles. The van der Waals surface area contributed by atoms with Crippen LogP contribution < -0.4 is 15.6 Å². The predicted octanol–water partition coefficient (Wildman–Crippen LogP) is 5.22. The molecule has 7 heteroatoms. The Bertz CT molecular complexity index is 1330. The van der Waals surface area contributed by atoms with E-state index in [-0.39, 0.29) is 30.5 Å². The van der Waals surface area contributed by atoms with Gasteiger partial charge in [0.1, 0.15) is 11.6 Å². The number of benzene rings is 3. The van der Waals surface area contributed by atoms with Gasteiger partial charge in [-0.05, 0) is 72.5 Å². The van der Waals surface area contributed by atoms with Gasteiger partial charge in [-0.15, -0.1) is 0 Å². The third-order valence-corrected chi connectivity index (χ3v) is 5.35. The fourth-order valence-corrected chi connectivity index (χ4v) is 3.58. The molecule has 2 amide bonds. The smallest absolute Gasteiger partial charge is 0.322 e. The van der Waals surface area contributed by atoms with Crippen LogP contribution in [0.5, 0.6) is 5.75 Å². The summed E-state index contributed by atoms with van der Waals surface area (Å²) in [6, 6.07) is 20.1. The number of ether oxygens (including phenoxy) is 1. The molecule has 0 unspecified atom stereocenters. The number of H-pyrrole nitrogens is 1. The topological polar surface area (TPSA) is 74.4 Å². The minimum absolute atomic E-state index is 0.0819. The Balaban J connectivity index is 1.63. The number of nitrogens with one attached hydrogen (secondary N) is 2. The van der Waals surface area contributed by atoms with E-state index in [4.69, 9.17) is 4.74 Å². The van der Waals surface area contributed by atoms with Crippen molar-refractivity contribution in [2.75, 3.05) is 12.4 Å². The molecule has 33 heavy (non-hydrogen) atoms. The first-order valence-electron chi connectivity index (χ1n) is 10.5. The lowest BCUT2D eigenvalue weighted by molar-refractivity contribution is 0.206. The first-order chi connectivity index (χ1) is 15.9. The number of amides is 2. The third kappa shape index (κ3) is 5.38. The number of aryl methyl sites for hydroxylation is 1. The number of fused-ring (bicyclic) bond motifs is 1. The second kappa shape index (κ2) is 9.56. The molecule has 1 heterocycles. The van der Waals surface area contributed by atoms with Gasteiger partial charge in [-0.2, -0.15) is 0 Å². The van der Waals surface area contributed by atoms with Gasteiger partial charge in [0.05, 0.1) is 13.7 Å². The van der Waals surface area contributed by atoms with Crippen molar-refractivity contribution in [3.05, 3.63) is 106 Å². The minimum atomic E-state index is -0.381. The maximum atomic E-state index is 13.4. The standard InChI is InChI=1S/C26H24FN3O3/c1-17-3-12-24-19(13-17)14-20(25(31)29-24)16-30(15-18-4-6-21(27)7-5-18)26(32)28-22-8-10-23(33-2)11-9-22/h3-14H,15-16H2,1-2H3,(H,28,32)(H,29,31). The van der Waals surface area contributed by atoms with Crippen molar-refractivity contribution in [1.29, 1.82) is 0 Å². The lowest BCUT2D eigenvalue weighted by Crippen LogP contribution is -2.35. The number of carbonyl (C=O) groups excluding carboxylic acids is 1. The normalized spacial score (nSPS) is 10.8. The Morgan fingerprint density at radius 2 is 1.73 bits per heavy atom. The van der Waals surface area contributed by atoms with Gasteiger partial charge < -0.3 is 19.9 Å². The Morgan fingerprint density at radius 3 is 2.42 bits per heavy atom. The summed E-state index contributed by atoms with van der Waals surface area (Å²) in [7, 11) is 1.57. The minimum Gasteiger partial charge on any atom is -0.497 e. The number of halogens is 1. The fraction of sp³-hybridized carbons (Fsp3) is 0.154. The maximum absolute atomic E-state index is 13.4. The highest BCUT2D eigenvalue weighted by Gasteiger charge is 2.17. The first-order valence-corrected chi connectivity index (χ1v) is 10.5. The summed E-state index contributed by atoms with van der Waals surface area (Å²) in [6.07, 6.45) is 0. The maximum Gasteiger partial charge on any atom is 0.322 e. The number of carbonyl (C=O) groups is 1. The van der Waals surface area contributed by atoms with E-state index in [1.165, 1.54) is 17.0 Å². The molecule has 0 atom stereocenters. The van der Waals surface area contributed by atoms with Crippen molar-refractivity contribution in [3.8, 4) is 5.75 Å². The molecule has 0 aliphatic rings. The molecule has 3 aromatic carbocycles. The van der Waals surface area contributed by atoms with Gasteiger partial charge in [0, 0.05) is 23.3 Å². The van der Waals surface area contributed by atoms with Crippen molar-refractivity contribution in [1.82, 2.24) is 9.88 Å². The van der Waals surface area contributed by atoms with E-state index in [1.54, 1.807) is 49.6 Å². The van der Waals surface area contributed by atoms with Gasteiger partial charge in [-0.1, -0.05) is 23.8 Å². The SMILES string of the molecule is COc1ccc(NC(=O)N(Cc2ccc(F)cc2)Cc2cc3cc(C)ccc3[nH]c2=O)cc1. The molecule has 0 fully saturated rings. The molecule has 2 N–H and O–H groups in total. The van der Waals surface area contributed by atoms with Crippen LogP contribution in [0.15, 0.2) is 77.6 Å². The molecule has 0 spiro atoms. The second-order valence-corrected chi connectivity index (χ2v) is 7.86. The Hall–Kier alpha value is -4.13. The average molecular weight is 445 g/mol. The molecule has 0 bridgehead atoms. The zero-order valence-electron chi connectivity index (χ0n) is 18.4. The number of aromatic amines is 1. The highest BCUT2D eigenvalue weighted by Crippen LogP contribution is 2.18. The molecular weight excluding hydrogens is 421 g/mol. The lowest BCUT2D eigenvalue weighted by atomic mass is 10.1. The van der Waals surface area contributed by atoms with E-state index < -0.39 is 0 Å². The Kier molecular flexibility index (Phi) is 6.40. The number of rotatable bonds is 6. The monoisotopic (exact) mass is 445 g/mol. The number of aromatic nitrogens is 1. The van der Waals surface area contributed by atoms with Crippen LogP contribution in [0, 0.1) is 12.7 Å². The number of hydrogen-bond acceptors (Lipinski definition) is 3. The molecule has 6 nitrogen and oxygen atoms in total. The van der Waals surface area contributed by atoms with Crippen LogP contribution in [0.25, 0.3) is 10.9 Å². The molecule has 168 valence electrons. The predicted molar refractivity (Wildman–Crippen MR) is 127 cm³/mol. The zero-order valence-corrected chi connectivity index (χ0v) is 18.4. The third-order valence-electron chi connectivity index (χ3n) is 5.35. The van der Waals surface area contributed by atoms with Gasteiger partial charge in [0.15, 0.2) is 0 Å². The summed E-state index contributed by atoms with van der Waals surface area (Å²) < 4.78 is 18.5. The number of urea groups is 1. The van der Waals surface area contributed by atoms with Gasteiger partial charge in [0.25, 0.3) is 5.56 Å². The molecule has 0 radical (unpaired) electrons. The van der Waals surface area contributed by atoms with Gasteiger partial charge >= 0.3 is 6.03 Å². The largest absolute Gasteiger partial charge is 0.497 e. The summed E-state index contributed by atoms with van der Waals surface area (Å²) >= 11 is 0. The first kappa shape index (κ1) is 22.1. The molecule has 4 rings (SSSR count).